The maximum Gasteiger partial charge on any atom is 0.254 e. The third kappa shape index (κ3) is 1.24. The predicted molar refractivity (Wildman–Crippen MR) is 53.5 cm³/mol. The number of hydrogen-bond acceptors (Lipinski definition) is 4. The first-order valence-corrected chi connectivity index (χ1v) is 4.38. The summed E-state index contributed by atoms with van der Waals surface area (Å²) < 4.78 is 1.47. The third-order valence-electron chi connectivity index (χ3n) is 1.85. The number of primary amides is 1. The fourth-order valence-electron chi connectivity index (χ4n) is 1.24. The summed E-state index contributed by atoms with van der Waals surface area (Å²) in [6.45, 7) is 1.82. The first-order chi connectivity index (χ1) is 6.59. The summed E-state index contributed by atoms with van der Waals surface area (Å²) in [6.07, 6.45) is 1.39. The highest BCUT2D eigenvalue weighted by atomic mass is 32.1. The Morgan fingerprint density at radius 1 is 1.64 bits per heavy atom. The molecular formula is C8H8N4OS. The molecule has 0 atom stereocenters. The highest BCUT2D eigenvalue weighted by Gasteiger charge is 2.12. The Kier molecular flexibility index (Phi) is 1.92. The van der Waals surface area contributed by atoms with Crippen molar-refractivity contribution in [2.24, 2.45) is 5.73 Å². The summed E-state index contributed by atoms with van der Waals surface area (Å²) in [6, 6.07) is 1.76. The summed E-state index contributed by atoms with van der Waals surface area (Å²) in [5.41, 5.74) is 6.69. The van der Waals surface area contributed by atoms with Gasteiger partial charge >= 0.3 is 0 Å². The average molecular weight is 208 g/mol. The molecule has 0 saturated heterocycles. The van der Waals surface area contributed by atoms with E-state index in [-0.39, 0.29) is 0 Å². The maximum absolute atomic E-state index is 11.0. The van der Waals surface area contributed by atoms with Crippen LogP contribution >= 0.6 is 12.6 Å². The lowest BCUT2D eigenvalue weighted by atomic mass is 10.3. The van der Waals surface area contributed by atoms with Crippen molar-refractivity contribution in [1.29, 1.82) is 0 Å². The minimum absolute atomic E-state index is 0.309. The number of amides is 1. The van der Waals surface area contributed by atoms with E-state index in [1.54, 1.807) is 6.07 Å². The van der Waals surface area contributed by atoms with Crippen LogP contribution in [0.25, 0.3) is 5.65 Å². The van der Waals surface area contributed by atoms with Gasteiger partial charge in [-0.25, -0.2) is 9.50 Å². The molecule has 0 fully saturated rings. The van der Waals surface area contributed by atoms with Crippen molar-refractivity contribution in [3.05, 3.63) is 23.5 Å². The second-order valence-corrected chi connectivity index (χ2v) is 3.37. The van der Waals surface area contributed by atoms with Crippen LogP contribution in [0, 0.1) is 6.92 Å². The zero-order valence-electron chi connectivity index (χ0n) is 7.43. The molecule has 0 bridgehead atoms. The molecule has 14 heavy (non-hydrogen) atoms. The molecule has 1 amide bonds. The molecule has 0 spiro atoms. The number of aromatic nitrogens is 3. The second-order valence-electron chi connectivity index (χ2n) is 2.91. The summed E-state index contributed by atoms with van der Waals surface area (Å²) in [4.78, 5) is 15.2. The zero-order valence-corrected chi connectivity index (χ0v) is 8.32. The van der Waals surface area contributed by atoms with Crippen LogP contribution in [0.15, 0.2) is 17.3 Å². The van der Waals surface area contributed by atoms with Gasteiger partial charge < -0.3 is 5.73 Å². The van der Waals surface area contributed by atoms with Gasteiger partial charge in [-0.2, -0.15) is 5.10 Å². The molecule has 6 heteroatoms. The molecule has 2 aromatic rings. The SMILES string of the molecule is Cc1cc(S)n2ncc(C(N)=O)c2n1. The van der Waals surface area contributed by atoms with Crippen LogP contribution in [-0.2, 0) is 0 Å². The van der Waals surface area contributed by atoms with Crippen molar-refractivity contribution >= 4 is 24.2 Å². The van der Waals surface area contributed by atoms with Crippen LogP contribution in [0.3, 0.4) is 0 Å². The Bertz CT molecular complexity index is 519. The van der Waals surface area contributed by atoms with Gasteiger partial charge in [0, 0.05) is 5.69 Å². The maximum atomic E-state index is 11.0. The molecule has 0 aliphatic carbocycles. The number of thiol groups is 1. The fraction of sp³-hybridized carbons (Fsp3) is 0.125. The molecule has 2 aromatic heterocycles. The minimum atomic E-state index is -0.536. The lowest BCUT2D eigenvalue weighted by Crippen LogP contribution is -2.11. The fourth-order valence-corrected chi connectivity index (χ4v) is 1.57. The van der Waals surface area contributed by atoms with Gasteiger partial charge in [0.25, 0.3) is 5.91 Å². The molecular weight excluding hydrogens is 200 g/mol. The molecule has 0 aliphatic heterocycles. The minimum Gasteiger partial charge on any atom is -0.365 e. The van der Waals surface area contributed by atoms with E-state index >= 15 is 0 Å². The van der Waals surface area contributed by atoms with Crippen molar-refractivity contribution < 1.29 is 4.79 Å². The highest BCUT2D eigenvalue weighted by molar-refractivity contribution is 7.80. The smallest absolute Gasteiger partial charge is 0.254 e. The number of carbonyl (C=O) groups excluding carboxylic acids is 1. The molecule has 0 aliphatic rings. The Hall–Kier alpha value is -1.56. The zero-order chi connectivity index (χ0) is 10.3. The number of aryl methyl sites for hydroxylation is 1. The number of nitrogens with zero attached hydrogens (tertiary/aromatic N) is 3. The van der Waals surface area contributed by atoms with Crippen molar-refractivity contribution in [1.82, 2.24) is 14.6 Å². The summed E-state index contributed by atoms with van der Waals surface area (Å²) in [7, 11) is 0. The predicted octanol–water partition coefficient (Wildman–Crippen LogP) is 0.425. The normalized spacial score (nSPS) is 10.7. The lowest BCUT2D eigenvalue weighted by Gasteiger charge is -1.99. The van der Waals surface area contributed by atoms with Gasteiger partial charge in [-0.15, -0.1) is 12.6 Å². The van der Waals surface area contributed by atoms with Gasteiger partial charge in [-0.05, 0) is 13.0 Å². The van der Waals surface area contributed by atoms with Crippen molar-refractivity contribution in [3.63, 3.8) is 0 Å². The van der Waals surface area contributed by atoms with Crippen LogP contribution in [0.2, 0.25) is 0 Å². The summed E-state index contributed by atoms with van der Waals surface area (Å²) in [5.74, 6) is -0.536. The standard InChI is InChI=1S/C8H8N4OS/c1-4-2-6(14)12-8(11-4)5(3-10-12)7(9)13/h2-3,14H,1H3,(H2,9,13). The number of fused-ring (bicyclic) bond motifs is 1. The monoisotopic (exact) mass is 208 g/mol. The molecule has 5 nitrogen and oxygen atoms in total. The van der Waals surface area contributed by atoms with Crippen LogP contribution in [0.4, 0.5) is 0 Å². The Balaban J connectivity index is 2.85. The van der Waals surface area contributed by atoms with Crippen LogP contribution in [-0.4, -0.2) is 20.5 Å². The lowest BCUT2D eigenvalue weighted by molar-refractivity contribution is 0.100. The van der Waals surface area contributed by atoms with Gasteiger partial charge in [0.1, 0.15) is 5.56 Å². The van der Waals surface area contributed by atoms with E-state index in [2.05, 4.69) is 22.7 Å². The van der Waals surface area contributed by atoms with E-state index in [0.717, 1.165) is 5.69 Å². The number of hydrogen-bond donors (Lipinski definition) is 2. The van der Waals surface area contributed by atoms with Crippen LogP contribution in [0.5, 0.6) is 0 Å². The molecule has 0 saturated carbocycles. The van der Waals surface area contributed by atoms with Gasteiger partial charge in [-0.3, -0.25) is 4.79 Å². The summed E-state index contributed by atoms with van der Waals surface area (Å²) in [5, 5.41) is 4.58. The highest BCUT2D eigenvalue weighted by Crippen LogP contribution is 2.13. The second kappa shape index (κ2) is 2.98. The molecule has 0 aromatic carbocycles. The van der Waals surface area contributed by atoms with E-state index in [1.165, 1.54) is 10.7 Å². The van der Waals surface area contributed by atoms with Gasteiger partial charge in [0.05, 0.1) is 11.2 Å². The molecule has 0 radical (unpaired) electrons. The number of rotatable bonds is 1. The van der Waals surface area contributed by atoms with E-state index in [9.17, 15) is 4.79 Å². The molecule has 72 valence electrons. The van der Waals surface area contributed by atoms with E-state index < -0.39 is 5.91 Å². The van der Waals surface area contributed by atoms with Gasteiger partial charge in [-0.1, -0.05) is 0 Å². The summed E-state index contributed by atoms with van der Waals surface area (Å²) >= 11 is 4.21. The van der Waals surface area contributed by atoms with E-state index in [4.69, 9.17) is 5.73 Å². The van der Waals surface area contributed by atoms with Crippen LogP contribution < -0.4 is 5.73 Å². The number of carbonyl (C=O) groups is 1. The molecule has 2 rings (SSSR count). The largest absolute Gasteiger partial charge is 0.365 e. The average Bonchev–Trinajstić information content (AvgIpc) is 2.47. The quantitative estimate of drug-likeness (QED) is 0.527. The van der Waals surface area contributed by atoms with E-state index in [1.807, 2.05) is 6.92 Å². The first kappa shape index (κ1) is 9.01. The first-order valence-electron chi connectivity index (χ1n) is 3.94. The van der Waals surface area contributed by atoms with Crippen molar-refractivity contribution in [2.75, 3.05) is 0 Å². The topological polar surface area (TPSA) is 73.3 Å². The number of nitrogens with two attached hydrogens (primary N) is 1. The van der Waals surface area contributed by atoms with Gasteiger partial charge in [0.15, 0.2) is 5.65 Å². The molecule has 2 heterocycles. The Morgan fingerprint density at radius 3 is 3.00 bits per heavy atom. The van der Waals surface area contributed by atoms with Crippen molar-refractivity contribution in [2.45, 2.75) is 11.9 Å². The van der Waals surface area contributed by atoms with Crippen molar-refractivity contribution in [3.8, 4) is 0 Å². The van der Waals surface area contributed by atoms with Crippen LogP contribution in [0.1, 0.15) is 16.1 Å². The Morgan fingerprint density at radius 2 is 2.36 bits per heavy atom. The van der Waals surface area contributed by atoms with Gasteiger partial charge in [0.2, 0.25) is 0 Å². The Labute approximate surface area is 85.3 Å². The molecule has 0 unspecified atom stereocenters. The molecule has 2 N–H and O–H groups in total. The third-order valence-corrected chi connectivity index (χ3v) is 2.17. The van der Waals surface area contributed by atoms with E-state index in [0.29, 0.717) is 16.2 Å².